The van der Waals surface area contributed by atoms with Crippen LogP contribution in [-0.4, -0.2) is 11.3 Å². The largest absolute Gasteiger partial charge is 0.364 e. The van der Waals surface area contributed by atoms with E-state index in [0.717, 1.165) is 0 Å². The molecule has 1 aliphatic rings. The van der Waals surface area contributed by atoms with Gasteiger partial charge in [-0.3, -0.25) is 4.79 Å². The van der Waals surface area contributed by atoms with Crippen molar-refractivity contribution in [2.24, 2.45) is 0 Å². The average Bonchev–Trinajstić information content (AvgIpc) is 1.90. The van der Waals surface area contributed by atoms with Crippen LogP contribution in [0, 0.1) is 0 Å². The number of carbonyl (C=O) groups is 1. The first-order valence-electron chi connectivity index (χ1n) is 2.54. The third kappa shape index (κ3) is 1.33. The first kappa shape index (κ1) is 6.36. The quantitative estimate of drug-likeness (QED) is 0.334. The van der Waals surface area contributed by atoms with Gasteiger partial charge in [0, 0.05) is 0 Å². The molecule has 3 heteroatoms. The molecule has 2 nitrogen and oxygen atoms in total. The van der Waals surface area contributed by atoms with E-state index in [-0.39, 0.29) is 0 Å². The molecule has 0 spiro atoms. The molecule has 0 aromatic carbocycles. The van der Waals surface area contributed by atoms with Crippen LogP contribution in [0.15, 0.2) is 24.4 Å². The minimum Gasteiger partial charge on any atom is -0.364 e. The number of rotatable bonds is 1. The zero-order valence-corrected chi connectivity index (χ0v) is 5.43. The van der Waals surface area contributed by atoms with Crippen LogP contribution < -0.4 is 5.32 Å². The summed E-state index contributed by atoms with van der Waals surface area (Å²) in [5, 5.41) is 2.68. The van der Waals surface area contributed by atoms with E-state index in [1.54, 1.807) is 24.4 Å². The highest BCUT2D eigenvalue weighted by Crippen LogP contribution is 2.11. The molecule has 48 valence electrons. The molecule has 0 aromatic rings. The lowest BCUT2D eigenvalue weighted by molar-refractivity contribution is -0.109. The molecule has 1 atom stereocenters. The van der Waals surface area contributed by atoms with E-state index in [0.29, 0.717) is 6.29 Å². The first-order valence-corrected chi connectivity index (χ1v) is 2.92. The van der Waals surface area contributed by atoms with Crippen molar-refractivity contribution < 1.29 is 4.79 Å². The Morgan fingerprint density at radius 3 is 2.67 bits per heavy atom. The van der Waals surface area contributed by atoms with Crippen molar-refractivity contribution in [3.8, 4) is 0 Å². The number of alkyl halides is 1. The maximum Gasteiger partial charge on any atom is 0.187 e. The first-order chi connectivity index (χ1) is 4.27. The van der Waals surface area contributed by atoms with E-state index < -0.39 is 5.00 Å². The van der Waals surface area contributed by atoms with Crippen LogP contribution in [0.25, 0.3) is 0 Å². The number of carbonyl (C=O) groups excluding carboxylic acids is 1. The van der Waals surface area contributed by atoms with Crippen molar-refractivity contribution in [3.63, 3.8) is 0 Å². The topological polar surface area (TPSA) is 29.1 Å². The summed E-state index contributed by atoms with van der Waals surface area (Å²) in [6.45, 7) is 0. The lowest BCUT2D eigenvalue weighted by Crippen LogP contribution is -2.36. The van der Waals surface area contributed by atoms with Gasteiger partial charge in [0.05, 0.1) is 0 Å². The van der Waals surface area contributed by atoms with Crippen LogP contribution in [0.1, 0.15) is 0 Å². The lowest BCUT2D eigenvalue weighted by Gasteiger charge is -2.17. The molecule has 0 aliphatic carbocycles. The van der Waals surface area contributed by atoms with Crippen LogP contribution in [0.4, 0.5) is 0 Å². The van der Waals surface area contributed by atoms with Gasteiger partial charge < -0.3 is 5.32 Å². The molecule has 0 saturated carbocycles. The van der Waals surface area contributed by atoms with Crippen LogP contribution in [-0.2, 0) is 4.79 Å². The number of halogens is 1. The summed E-state index contributed by atoms with van der Waals surface area (Å²) in [6, 6.07) is 0. The fourth-order valence-corrected chi connectivity index (χ4v) is 0.684. The molecule has 1 heterocycles. The van der Waals surface area contributed by atoms with Gasteiger partial charge in [-0.05, 0) is 18.4 Å². The molecular weight excluding hydrogens is 138 g/mol. The number of hydrogen-bond donors (Lipinski definition) is 1. The predicted molar refractivity (Wildman–Crippen MR) is 36.1 cm³/mol. The molecular formula is C6H6ClNO. The zero-order valence-electron chi connectivity index (χ0n) is 4.67. The second-order valence-corrected chi connectivity index (χ2v) is 2.37. The van der Waals surface area contributed by atoms with E-state index in [2.05, 4.69) is 5.32 Å². The van der Waals surface area contributed by atoms with Gasteiger partial charge >= 0.3 is 0 Å². The van der Waals surface area contributed by atoms with Crippen molar-refractivity contribution in [2.45, 2.75) is 5.00 Å². The molecule has 1 unspecified atom stereocenters. The summed E-state index contributed by atoms with van der Waals surface area (Å²) in [6.07, 6.45) is 7.35. The maximum atomic E-state index is 10.2. The van der Waals surface area contributed by atoms with Crippen LogP contribution in [0.5, 0.6) is 0 Å². The second kappa shape index (κ2) is 2.23. The van der Waals surface area contributed by atoms with Crippen molar-refractivity contribution in [1.29, 1.82) is 0 Å². The van der Waals surface area contributed by atoms with Gasteiger partial charge in [0.1, 0.15) is 0 Å². The summed E-state index contributed by atoms with van der Waals surface area (Å²) in [5.41, 5.74) is 0. The molecule has 0 aromatic heterocycles. The molecule has 0 bridgehead atoms. The van der Waals surface area contributed by atoms with Gasteiger partial charge in [0.25, 0.3) is 0 Å². The van der Waals surface area contributed by atoms with E-state index in [1.165, 1.54) is 0 Å². The second-order valence-electron chi connectivity index (χ2n) is 1.75. The summed E-state index contributed by atoms with van der Waals surface area (Å²) in [4.78, 5) is 9.20. The number of nitrogens with one attached hydrogen (secondary N) is 1. The van der Waals surface area contributed by atoms with Gasteiger partial charge in [0.2, 0.25) is 0 Å². The molecule has 1 rings (SSSR count). The molecule has 9 heavy (non-hydrogen) atoms. The van der Waals surface area contributed by atoms with Gasteiger partial charge in [-0.15, -0.1) is 0 Å². The van der Waals surface area contributed by atoms with Crippen LogP contribution in [0.3, 0.4) is 0 Å². The molecule has 0 saturated heterocycles. The van der Waals surface area contributed by atoms with Crippen molar-refractivity contribution in [1.82, 2.24) is 5.32 Å². The fraction of sp³-hybridized carbons (Fsp3) is 0.167. The third-order valence-corrected chi connectivity index (χ3v) is 1.35. The maximum absolute atomic E-state index is 10.2. The Morgan fingerprint density at radius 1 is 1.56 bits per heavy atom. The van der Waals surface area contributed by atoms with Crippen LogP contribution >= 0.6 is 11.6 Å². The molecule has 0 fully saturated rings. The Kier molecular flexibility index (Phi) is 1.58. The lowest BCUT2D eigenvalue weighted by atomic mass is 10.2. The Bertz CT molecular complexity index is 176. The molecule has 1 aliphatic heterocycles. The Hall–Kier alpha value is -0.760. The Balaban J connectivity index is 2.73. The van der Waals surface area contributed by atoms with Crippen LogP contribution in [0.2, 0.25) is 0 Å². The zero-order chi connectivity index (χ0) is 6.74. The highest BCUT2D eigenvalue weighted by molar-refractivity contribution is 6.32. The van der Waals surface area contributed by atoms with Crippen molar-refractivity contribution in [2.75, 3.05) is 0 Å². The highest BCUT2D eigenvalue weighted by atomic mass is 35.5. The number of allylic oxidation sites excluding steroid dienone is 2. The van der Waals surface area contributed by atoms with E-state index in [9.17, 15) is 4.79 Å². The summed E-state index contributed by atoms with van der Waals surface area (Å²) >= 11 is 5.64. The third-order valence-electron chi connectivity index (χ3n) is 1.02. The van der Waals surface area contributed by atoms with Gasteiger partial charge in [-0.1, -0.05) is 17.7 Å². The van der Waals surface area contributed by atoms with Gasteiger partial charge in [0.15, 0.2) is 11.3 Å². The van der Waals surface area contributed by atoms with E-state index in [1.807, 2.05) is 0 Å². The normalized spacial score (nSPS) is 31.7. The van der Waals surface area contributed by atoms with E-state index >= 15 is 0 Å². The standard InChI is InChI=1S/C6H6ClNO/c7-6(5-9)3-1-2-4-8-6/h1-5,8H. The Morgan fingerprint density at radius 2 is 2.33 bits per heavy atom. The fourth-order valence-electron chi connectivity index (χ4n) is 0.548. The average molecular weight is 144 g/mol. The minimum atomic E-state index is -1.01. The number of dihydropyridines is 1. The summed E-state index contributed by atoms with van der Waals surface area (Å²) < 4.78 is 0. The molecule has 0 radical (unpaired) electrons. The SMILES string of the molecule is O=CC1(Cl)C=CC=CN1. The smallest absolute Gasteiger partial charge is 0.187 e. The number of aldehydes is 1. The summed E-state index contributed by atoms with van der Waals surface area (Å²) in [5.74, 6) is 0. The van der Waals surface area contributed by atoms with Gasteiger partial charge in [-0.2, -0.15) is 0 Å². The summed E-state index contributed by atoms with van der Waals surface area (Å²) in [7, 11) is 0. The van der Waals surface area contributed by atoms with Crippen molar-refractivity contribution >= 4 is 17.9 Å². The number of hydrogen-bond acceptors (Lipinski definition) is 2. The predicted octanol–water partition coefficient (Wildman–Crippen LogP) is 0.793. The van der Waals surface area contributed by atoms with E-state index in [4.69, 9.17) is 11.6 Å². The monoisotopic (exact) mass is 143 g/mol. The molecule has 1 N–H and O–H groups in total. The molecule has 0 amide bonds. The van der Waals surface area contributed by atoms with Crippen molar-refractivity contribution in [3.05, 3.63) is 24.4 Å². The minimum absolute atomic E-state index is 0.647. The Labute approximate surface area is 58.2 Å². The highest BCUT2D eigenvalue weighted by Gasteiger charge is 2.21. The van der Waals surface area contributed by atoms with Gasteiger partial charge in [-0.25, -0.2) is 0 Å².